The Morgan fingerprint density at radius 2 is 1.79 bits per heavy atom. The molecule has 0 aliphatic carbocycles. The highest BCUT2D eigenvalue weighted by Gasteiger charge is 2.11. The van der Waals surface area contributed by atoms with Gasteiger partial charge in [-0.25, -0.2) is 4.98 Å². The molecule has 6 nitrogen and oxygen atoms in total. The number of rotatable bonds is 7. The first-order chi connectivity index (χ1) is 14.0. The second kappa shape index (κ2) is 9.25. The Morgan fingerprint density at radius 3 is 2.52 bits per heavy atom. The van der Waals surface area contributed by atoms with E-state index in [1.165, 1.54) is 17.4 Å². The average Bonchev–Trinajstić information content (AvgIpc) is 3.20. The van der Waals surface area contributed by atoms with Gasteiger partial charge < -0.3 is 14.2 Å². The minimum atomic E-state index is -0.285. The van der Waals surface area contributed by atoms with Crippen molar-refractivity contribution in [1.29, 1.82) is 0 Å². The molecule has 3 aromatic rings. The zero-order valence-corrected chi connectivity index (χ0v) is 17.5. The number of nitrogens with one attached hydrogen (secondary N) is 1. The molecule has 0 aliphatic rings. The first-order valence-corrected chi connectivity index (χ1v) is 9.73. The molecule has 7 heteroatoms. The van der Waals surface area contributed by atoms with Gasteiger partial charge in [0.1, 0.15) is 17.2 Å². The van der Waals surface area contributed by atoms with E-state index in [1.54, 1.807) is 45.6 Å². The minimum absolute atomic E-state index is 0.285. The van der Waals surface area contributed by atoms with Crippen LogP contribution in [0.4, 0.5) is 5.13 Å². The van der Waals surface area contributed by atoms with E-state index in [0.29, 0.717) is 16.6 Å². The van der Waals surface area contributed by atoms with Gasteiger partial charge in [-0.05, 0) is 43.3 Å². The highest BCUT2D eigenvalue weighted by atomic mass is 32.1. The number of methoxy groups -OCH3 is 3. The summed E-state index contributed by atoms with van der Waals surface area (Å²) in [7, 11) is 4.79. The van der Waals surface area contributed by atoms with Crippen molar-refractivity contribution in [1.82, 2.24) is 4.98 Å². The molecule has 150 valence electrons. The van der Waals surface area contributed by atoms with Crippen LogP contribution in [0.5, 0.6) is 17.2 Å². The third kappa shape index (κ3) is 4.94. The van der Waals surface area contributed by atoms with Gasteiger partial charge in [-0.1, -0.05) is 11.6 Å². The van der Waals surface area contributed by atoms with Gasteiger partial charge in [-0.3, -0.25) is 10.1 Å². The van der Waals surface area contributed by atoms with Crippen LogP contribution in [-0.4, -0.2) is 32.2 Å². The molecule has 1 N–H and O–H groups in total. The summed E-state index contributed by atoms with van der Waals surface area (Å²) in [6.07, 6.45) is 3.11. The van der Waals surface area contributed by atoms with Crippen LogP contribution in [0.15, 0.2) is 47.9 Å². The number of hydrogen-bond donors (Lipinski definition) is 1. The number of ether oxygens (including phenoxy) is 3. The van der Waals surface area contributed by atoms with E-state index in [1.807, 2.05) is 30.5 Å². The van der Waals surface area contributed by atoms with Crippen molar-refractivity contribution >= 4 is 28.5 Å². The highest BCUT2D eigenvalue weighted by molar-refractivity contribution is 7.14. The summed E-state index contributed by atoms with van der Waals surface area (Å²) >= 11 is 1.36. The van der Waals surface area contributed by atoms with E-state index in [-0.39, 0.29) is 5.91 Å². The van der Waals surface area contributed by atoms with Gasteiger partial charge in [0.2, 0.25) is 5.91 Å². The van der Waals surface area contributed by atoms with Crippen LogP contribution in [0.25, 0.3) is 17.3 Å². The lowest BCUT2D eigenvalue weighted by molar-refractivity contribution is -0.111. The Balaban J connectivity index is 1.75. The van der Waals surface area contributed by atoms with Crippen molar-refractivity contribution in [3.05, 3.63) is 59.0 Å². The SMILES string of the molecule is COc1ccc(OC)c(/C=C/C(=O)Nc2nc(-c3cc(C)ccc3OC)cs2)c1. The lowest BCUT2D eigenvalue weighted by Gasteiger charge is -2.07. The molecule has 0 atom stereocenters. The number of aromatic nitrogens is 1. The Morgan fingerprint density at radius 1 is 1.03 bits per heavy atom. The molecule has 2 aromatic carbocycles. The van der Waals surface area contributed by atoms with Crippen molar-refractivity contribution in [3.8, 4) is 28.5 Å². The molecular weight excluding hydrogens is 388 g/mol. The molecule has 0 saturated heterocycles. The van der Waals surface area contributed by atoms with Crippen LogP contribution in [0.3, 0.4) is 0 Å². The number of benzene rings is 2. The summed E-state index contributed by atoms with van der Waals surface area (Å²) in [5.74, 6) is 1.79. The van der Waals surface area contributed by atoms with Crippen molar-refractivity contribution in [2.24, 2.45) is 0 Å². The zero-order valence-electron chi connectivity index (χ0n) is 16.7. The summed E-state index contributed by atoms with van der Waals surface area (Å²) < 4.78 is 16.0. The Bertz CT molecular complexity index is 1040. The standard InChI is InChI=1S/C22H22N2O4S/c1-14-5-8-20(28-4)17(11-14)18-13-29-22(23-18)24-21(25)10-6-15-12-16(26-2)7-9-19(15)27-3/h5-13H,1-4H3,(H,23,24,25)/b10-6+. The van der Waals surface area contributed by atoms with Crippen LogP contribution < -0.4 is 19.5 Å². The van der Waals surface area contributed by atoms with Gasteiger partial charge in [0.05, 0.1) is 27.0 Å². The summed E-state index contributed by atoms with van der Waals surface area (Å²) in [5.41, 5.74) is 3.49. The van der Waals surface area contributed by atoms with Crippen molar-refractivity contribution < 1.29 is 19.0 Å². The molecule has 0 radical (unpaired) electrons. The summed E-state index contributed by atoms with van der Waals surface area (Å²) in [6.45, 7) is 2.01. The van der Waals surface area contributed by atoms with E-state index < -0.39 is 0 Å². The second-order valence-corrected chi connectivity index (χ2v) is 7.03. The number of amides is 1. The largest absolute Gasteiger partial charge is 0.497 e. The topological polar surface area (TPSA) is 69.7 Å². The van der Waals surface area contributed by atoms with Crippen LogP contribution in [0, 0.1) is 6.92 Å². The predicted molar refractivity (Wildman–Crippen MR) is 116 cm³/mol. The molecule has 0 fully saturated rings. The number of carbonyl (C=O) groups excluding carboxylic acids is 1. The normalized spacial score (nSPS) is 10.8. The minimum Gasteiger partial charge on any atom is -0.497 e. The zero-order chi connectivity index (χ0) is 20.8. The Labute approximate surface area is 173 Å². The molecular formula is C22H22N2O4S. The fourth-order valence-electron chi connectivity index (χ4n) is 2.76. The molecule has 0 bridgehead atoms. The molecule has 0 saturated carbocycles. The van der Waals surface area contributed by atoms with Gasteiger partial charge in [-0.15, -0.1) is 11.3 Å². The fourth-order valence-corrected chi connectivity index (χ4v) is 3.47. The lowest BCUT2D eigenvalue weighted by atomic mass is 10.1. The van der Waals surface area contributed by atoms with Gasteiger partial charge in [0.15, 0.2) is 5.13 Å². The molecule has 1 amide bonds. The van der Waals surface area contributed by atoms with E-state index in [4.69, 9.17) is 14.2 Å². The third-order valence-electron chi connectivity index (χ3n) is 4.22. The number of carbonyl (C=O) groups is 1. The summed E-state index contributed by atoms with van der Waals surface area (Å²) in [6, 6.07) is 11.3. The molecule has 0 unspecified atom stereocenters. The van der Waals surface area contributed by atoms with Gasteiger partial charge >= 0.3 is 0 Å². The van der Waals surface area contributed by atoms with E-state index in [9.17, 15) is 4.79 Å². The molecule has 0 aliphatic heterocycles. The average molecular weight is 410 g/mol. The van der Waals surface area contributed by atoms with E-state index in [0.717, 1.165) is 28.1 Å². The first kappa shape index (κ1) is 20.4. The maximum Gasteiger partial charge on any atom is 0.250 e. The molecule has 0 spiro atoms. The highest BCUT2D eigenvalue weighted by Crippen LogP contribution is 2.33. The Hall–Kier alpha value is -3.32. The Kier molecular flexibility index (Phi) is 6.51. The maximum absolute atomic E-state index is 12.3. The fraction of sp³-hybridized carbons (Fsp3) is 0.182. The van der Waals surface area contributed by atoms with Crippen molar-refractivity contribution in [2.75, 3.05) is 26.6 Å². The monoisotopic (exact) mass is 410 g/mol. The van der Waals surface area contributed by atoms with E-state index in [2.05, 4.69) is 10.3 Å². The number of anilines is 1. The molecule has 1 aromatic heterocycles. The molecule has 29 heavy (non-hydrogen) atoms. The number of hydrogen-bond acceptors (Lipinski definition) is 6. The predicted octanol–water partition coefficient (Wildman–Crippen LogP) is 4.80. The van der Waals surface area contributed by atoms with Gasteiger partial charge in [0, 0.05) is 22.6 Å². The van der Waals surface area contributed by atoms with Gasteiger partial charge in [0.25, 0.3) is 0 Å². The molecule has 3 rings (SSSR count). The van der Waals surface area contributed by atoms with E-state index >= 15 is 0 Å². The van der Waals surface area contributed by atoms with Gasteiger partial charge in [-0.2, -0.15) is 0 Å². The number of aryl methyl sites for hydroxylation is 1. The van der Waals surface area contributed by atoms with Crippen LogP contribution in [0.1, 0.15) is 11.1 Å². The molecule has 1 heterocycles. The third-order valence-corrected chi connectivity index (χ3v) is 4.97. The van der Waals surface area contributed by atoms with Crippen molar-refractivity contribution in [3.63, 3.8) is 0 Å². The quantitative estimate of drug-likeness (QED) is 0.567. The summed E-state index contributed by atoms with van der Waals surface area (Å²) in [5, 5.41) is 5.19. The number of nitrogens with zero attached hydrogens (tertiary/aromatic N) is 1. The first-order valence-electron chi connectivity index (χ1n) is 8.85. The van der Waals surface area contributed by atoms with Crippen LogP contribution in [-0.2, 0) is 4.79 Å². The lowest BCUT2D eigenvalue weighted by Crippen LogP contribution is -2.07. The van der Waals surface area contributed by atoms with Crippen molar-refractivity contribution in [2.45, 2.75) is 6.92 Å². The second-order valence-electron chi connectivity index (χ2n) is 6.17. The maximum atomic E-state index is 12.3. The summed E-state index contributed by atoms with van der Waals surface area (Å²) in [4.78, 5) is 16.8. The van der Waals surface area contributed by atoms with Crippen LogP contribution >= 0.6 is 11.3 Å². The number of thiazole rings is 1. The smallest absolute Gasteiger partial charge is 0.250 e. The van der Waals surface area contributed by atoms with Crippen LogP contribution in [0.2, 0.25) is 0 Å².